The quantitative estimate of drug-likeness (QED) is 0.801. The summed E-state index contributed by atoms with van der Waals surface area (Å²) < 4.78 is 5.30. The molecule has 0 aliphatic rings. The van der Waals surface area contributed by atoms with Gasteiger partial charge in [-0.3, -0.25) is 10.1 Å². The monoisotopic (exact) mass is 306 g/mol. The minimum atomic E-state index is -0.346. The Morgan fingerprint density at radius 3 is 3.05 bits per heavy atom. The van der Waals surface area contributed by atoms with Crippen LogP contribution < -0.4 is 5.32 Å². The third kappa shape index (κ3) is 2.47. The zero-order valence-corrected chi connectivity index (χ0v) is 12.1. The lowest BCUT2D eigenvalue weighted by molar-refractivity contribution is 0.102. The normalized spacial score (nSPS) is 10.7. The zero-order valence-electron chi connectivity index (χ0n) is 10.5. The summed E-state index contributed by atoms with van der Waals surface area (Å²) in [4.78, 5) is 17.0. The van der Waals surface area contributed by atoms with Gasteiger partial charge in [-0.05, 0) is 17.9 Å². The van der Waals surface area contributed by atoms with Gasteiger partial charge >= 0.3 is 0 Å². The Morgan fingerprint density at radius 1 is 1.45 bits per heavy atom. The standard InChI is InChI=1S/C12H10N4O2S2/c1-2-8-15-16-12(20-8)14-11(17)9-10(18-6-13-9)7-4-3-5-19-7/h3-6H,2H2,1H3,(H,14,16,17). The van der Waals surface area contributed by atoms with Gasteiger partial charge in [-0.25, -0.2) is 4.98 Å². The third-order valence-electron chi connectivity index (χ3n) is 2.52. The fraction of sp³-hybridized carbons (Fsp3) is 0.167. The van der Waals surface area contributed by atoms with E-state index in [0.29, 0.717) is 10.9 Å². The Bertz CT molecular complexity index is 717. The van der Waals surface area contributed by atoms with Gasteiger partial charge in [0.25, 0.3) is 5.91 Å². The molecular formula is C12H10N4O2S2. The van der Waals surface area contributed by atoms with E-state index in [2.05, 4.69) is 20.5 Å². The number of hydrogen-bond donors (Lipinski definition) is 1. The molecule has 3 aromatic rings. The number of carbonyl (C=O) groups is 1. The van der Waals surface area contributed by atoms with Crippen LogP contribution in [0.3, 0.4) is 0 Å². The van der Waals surface area contributed by atoms with Crippen LogP contribution in [0.15, 0.2) is 28.3 Å². The number of aryl methyl sites for hydroxylation is 1. The summed E-state index contributed by atoms with van der Waals surface area (Å²) in [6.07, 6.45) is 2.06. The second kappa shape index (κ2) is 5.51. The van der Waals surface area contributed by atoms with Crippen LogP contribution in [0.25, 0.3) is 10.6 Å². The first-order valence-corrected chi connectivity index (χ1v) is 7.58. The molecule has 8 heteroatoms. The van der Waals surface area contributed by atoms with Gasteiger partial charge in [-0.15, -0.1) is 21.5 Å². The summed E-state index contributed by atoms with van der Waals surface area (Å²) in [5.41, 5.74) is 0.251. The largest absolute Gasteiger partial charge is 0.442 e. The molecule has 0 unspecified atom stereocenters. The van der Waals surface area contributed by atoms with Crippen molar-refractivity contribution in [2.24, 2.45) is 0 Å². The molecule has 6 nitrogen and oxygen atoms in total. The molecule has 0 aromatic carbocycles. The van der Waals surface area contributed by atoms with Gasteiger partial charge in [0.15, 0.2) is 17.8 Å². The summed E-state index contributed by atoms with van der Waals surface area (Å²) in [6.45, 7) is 1.98. The molecule has 0 aliphatic heterocycles. The molecule has 102 valence electrons. The van der Waals surface area contributed by atoms with Crippen molar-refractivity contribution in [2.75, 3.05) is 5.32 Å². The molecule has 0 spiro atoms. The number of aromatic nitrogens is 3. The SMILES string of the molecule is CCc1nnc(NC(=O)c2ncoc2-c2cccs2)s1. The van der Waals surface area contributed by atoms with Gasteiger partial charge in [-0.2, -0.15) is 0 Å². The first-order valence-electron chi connectivity index (χ1n) is 5.89. The molecule has 0 aliphatic carbocycles. The molecule has 0 fully saturated rings. The Balaban J connectivity index is 1.83. The second-order valence-corrected chi connectivity index (χ2v) is 5.83. The van der Waals surface area contributed by atoms with E-state index in [1.807, 2.05) is 24.4 Å². The number of amides is 1. The van der Waals surface area contributed by atoms with Crippen LogP contribution in [0.5, 0.6) is 0 Å². The van der Waals surface area contributed by atoms with Crippen LogP contribution in [-0.2, 0) is 6.42 Å². The van der Waals surface area contributed by atoms with Crippen molar-refractivity contribution in [1.82, 2.24) is 15.2 Å². The first kappa shape index (κ1) is 12.9. The number of oxazole rings is 1. The lowest BCUT2D eigenvalue weighted by Crippen LogP contribution is -2.13. The zero-order chi connectivity index (χ0) is 13.9. The first-order chi connectivity index (χ1) is 9.78. The van der Waals surface area contributed by atoms with E-state index in [4.69, 9.17) is 4.42 Å². The topological polar surface area (TPSA) is 80.9 Å². The highest BCUT2D eigenvalue weighted by atomic mass is 32.1. The highest BCUT2D eigenvalue weighted by molar-refractivity contribution is 7.15. The number of rotatable bonds is 4. The van der Waals surface area contributed by atoms with Crippen molar-refractivity contribution >= 4 is 33.7 Å². The predicted octanol–water partition coefficient (Wildman–Crippen LogP) is 3.07. The Hall–Kier alpha value is -2.06. The maximum Gasteiger partial charge on any atom is 0.280 e. The Labute approximate surface area is 122 Å². The van der Waals surface area contributed by atoms with Crippen molar-refractivity contribution in [1.29, 1.82) is 0 Å². The van der Waals surface area contributed by atoms with Crippen molar-refractivity contribution in [3.05, 3.63) is 34.6 Å². The third-order valence-corrected chi connectivity index (χ3v) is 4.37. The molecule has 20 heavy (non-hydrogen) atoms. The van der Waals surface area contributed by atoms with Gasteiger partial charge < -0.3 is 4.42 Å². The maximum absolute atomic E-state index is 12.2. The van der Waals surface area contributed by atoms with Crippen LogP contribution in [0, 0.1) is 0 Å². The van der Waals surface area contributed by atoms with E-state index in [1.165, 1.54) is 29.1 Å². The fourth-order valence-corrected chi connectivity index (χ4v) is 2.98. The number of anilines is 1. The number of carbonyl (C=O) groups excluding carboxylic acids is 1. The van der Waals surface area contributed by atoms with E-state index in [0.717, 1.165) is 16.3 Å². The van der Waals surface area contributed by atoms with Gasteiger partial charge in [0.1, 0.15) is 5.01 Å². The van der Waals surface area contributed by atoms with Gasteiger partial charge in [0.05, 0.1) is 4.88 Å². The predicted molar refractivity (Wildman–Crippen MR) is 77.1 cm³/mol. The summed E-state index contributed by atoms with van der Waals surface area (Å²) in [6, 6.07) is 3.77. The fourth-order valence-electron chi connectivity index (χ4n) is 1.59. The molecule has 0 bridgehead atoms. The van der Waals surface area contributed by atoms with E-state index in [9.17, 15) is 4.79 Å². The molecule has 3 aromatic heterocycles. The van der Waals surface area contributed by atoms with Crippen LogP contribution in [-0.4, -0.2) is 21.1 Å². The highest BCUT2D eigenvalue weighted by Gasteiger charge is 2.20. The van der Waals surface area contributed by atoms with Crippen molar-refractivity contribution in [2.45, 2.75) is 13.3 Å². The molecule has 3 heterocycles. The van der Waals surface area contributed by atoms with Crippen LogP contribution in [0.4, 0.5) is 5.13 Å². The summed E-state index contributed by atoms with van der Waals surface area (Å²) in [5.74, 6) is 0.124. The molecule has 0 saturated heterocycles. The molecule has 0 saturated carbocycles. The number of thiophene rings is 1. The van der Waals surface area contributed by atoms with Gasteiger partial charge in [0, 0.05) is 0 Å². The molecule has 0 radical (unpaired) electrons. The Kier molecular flexibility index (Phi) is 3.57. The van der Waals surface area contributed by atoms with Crippen LogP contribution in [0.1, 0.15) is 22.4 Å². The van der Waals surface area contributed by atoms with E-state index in [1.54, 1.807) is 0 Å². The summed E-state index contributed by atoms with van der Waals surface area (Å²) in [5, 5.41) is 13.8. The Morgan fingerprint density at radius 2 is 2.35 bits per heavy atom. The summed E-state index contributed by atoms with van der Waals surface area (Å²) >= 11 is 2.84. The summed E-state index contributed by atoms with van der Waals surface area (Å²) in [7, 11) is 0. The van der Waals surface area contributed by atoms with Gasteiger partial charge in [-0.1, -0.05) is 24.3 Å². The molecule has 1 N–H and O–H groups in total. The van der Waals surface area contributed by atoms with E-state index < -0.39 is 0 Å². The minimum Gasteiger partial charge on any atom is -0.442 e. The van der Waals surface area contributed by atoms with E-state index >= 15 is 0 Å². The maximum atomic E-state index is 12.2. The molecule has 0 atom stereocenters. The lowest BCUT2D eigenvalue weighted by atomic mass is 10.3. The molecule has 3 rings (SSSR count). The van der Waals surface area contributed by atoms with Crippen molar-refractivity contribution in [3.63, 3.8) is 0 Å². The number of nitrogens with zero attached hydrogens (tertiary/aromatic N) is 3. The lowest BCUT2D eigenvalue weighted by Gasteiger charge is -1.98. The number of nitrogens with one attached hydrogen (secondary N) is 1. The van der Waals surface area contributed by atoms with Gasteiger partial charge in [0.2, 0.25) is 5.13 Å². The van der Waals surface area contributed by atoms with Crippen molar-refractivity contribution in [3.8, 4) is 10.6 Å². The smallest absolute Gasteiger partial charge is 0.280 e. The van der Waals surface area contributed by atoms with Crippen LogP contribution in [0.2, 0.25) is 0 Å². The number of hydrogen-bond acceptors (Lipinski definition) is 7. The average Bonchev–Trinajstić information content (AvgIpc) is 3.19. The van der Waals surface area contributed by atoms with Crippen molar-refractivity contribution < 1.29 is 9.21 Å². The van der Waals surface area contributed by atoms with Crippen LogP contribution >= 0.6 is 22.7 Å². The molecular weight excluding hydrogens is 296 g/mol. The van der Waals surface area contributed by atoms with E-state index in [-0.39, 0.29) is 11.6 Å². The second-order valence-electron chi connectivity index (χ2n) is 3.82. The molecule has 1 amide bonds. The highest BCUT2D eigenvalue weighted by Crippen LogP contribution is 2.28. The minimum absolute atomic E-state index is 0.251. The average molecular weight is 306 g/mol.